The van der Waals surface area contributed by atoms with E-state index in [0.29, 0.717) is 6.54 Å². The van der Waals surface area contributed by atoms with Crippen LogP contribution in [-0.4, -0.2) is 10.8 Å². The van der Waals surface area contributed by atoms with Crippen molar-refractivity contribution in [2.75, 3.05) is 0 Å². The van der Waals surface area contributed by atoms with E-state index in [-0.39, 0.29) is 5.91 Å². The third-order valence-electron chi connectivity index (χ3n) is 5.53. The van der Waals surface area contributed by atoms with E-state index in [1.807, 2.05) is 102 Å². The lowest BCUT2D eigenvalue weighted by molar-refractivity contribution is 0.0843. The van der Waals surface area contributed by atoms with E-state index in [1.54, 1.807) is 0 Å². The summed E-state index contributed by atoms with van der Waals surface area (Å²) in [6, 6.07) is 35.9. The summed E-state index contributed by atoms with van der Waals surface area (Å²) in [6.45, 7) is 0.464. The van der Waals surface area contributed by atoms with Crippen LogP contribution in [0.3, 0.4) is 0 Å². The standard InChI is InChI=1S/C30H21NO/c32-30-28-18-10-9-17-27(28)29(21-24-13-5-2-6-14-24)31(30)22-26-16-8-7-15-25(26)20-19-23-11-3-1-4-12-23/h1-18,21H,22H2/b29-21-. The van der Waals surface area contributed by atoms with Crippen LogP contribution in [0.15, 0.2) is 109 Å². The zero-order valence-corrected chi connectivity index (χ0v) is 17.5. The average molecular weight is 412 g/mol. The molecule has 152 valence electrons. The molecule has 0 unspecified atom stereocenters. The van der Waals surface area contributed by atoms with Crippen LogP contribution in [0.1, 0.15) is 38.2 Å². The minimum atomic E-state index is 0.0219. The van der Waals surface area contributed by atoms with Gasteiger partial charge in [0.15, 0.2) is 0 Å². The van der Waals surface area contributed by atoms with Gasteiger partial charge in [0.05, 0.1) is 12.2 Å². The van der Waals surface area contributed by atoms with E-state index < -0.39 is 0 Å². The predicted molar refractivity (Wildman–Crippen MR) is 129 cm³/mol. The molecule has 4 aromatic rings. The first-order valence-electron chi connectivity index (χ1n) is 10.6. The molecule has 0 bridgehead atoms. The summed E-state index contributed by atoms with van der Waals surface area (Å²) in [5.74, 6) is 6.56. The summed E-state index contributed by atoms with van der Waals surface area (Å²) in [5.41, 5.74) is 6.61. The van der Waals surface area contributed by atoms with Crippen LogP contribution >= 0.6 is 0 Å². The Morgan fingerprint density at radius 3 is 2.06 bits per heavy atom. The maximum atomic E-state index is 13.3. The highest BCUT2D eigenvalue weighted by Crippen LogP contribution is 2.35. The lowest BCUT2D eigenvalue weighted by Crippen LogP contribution is -2.23. The van der Waals surface area contributed by atoms with E-state index in [2.05, 4.69) is 30.0 Å². The number of benzene rings is 4. The molecular weight excluding hydrogens is 390 g/mol. The van der Waals surface area contributed by atoms with Crippen molar-refractivity contribution in [1.29, 1.82) is 0 Å². The molecule has 2 heteroatoms. The van der Waals surface area contributed by atoms with Gasteiger partial charge in [0.25, 0.3) is 5.91 Å². The molecule has 0 atom stereocenters. The van der Waals surface area contributed by atoms with Crippen LogP contribution in [0.4, 0.5) is 0 Å². The van der Waals surface area contributed by atoms with E-state index in [9.17, 15) is 4.79 Å². The molecule has 4 aromatic carbocycles. The van der Waals surface area contributed by atoms with Gasteiger partial charge in [-0.25, -0.2) is 0 Å². The van der Waals surface area contributed by atoms with Gasteiger partial charge in [-0.15, -0.1) is 0 Å². The van der Waals surface area contributed by atoms with Crippen LogP contribution in [0, 0.1) is 11.8 Å². The number of nitrogens with zero attached hydrogens (tertiary/aromatic N) is 1. The van der Waals surface area contributed by atoms with Gasteiger partial charge in [0, 0.05) is 22.3 Å². The smallest absolute Gasteiger partial charge is 0.259 e. The number of carbonyl (C=O) groups excluding carboxylic acids is 1. The van der Waals surface area contributed by atoms with Crippen molar-refractivity contribution in [3.05, 3.63) is 143 Å². The van der Waals surface area contributed by atoms with E-state index in [0.717, 1.165) is 39.1 Å². The van der Waals surface area contributed by atoms with Gasteiger partial charge in [0.1, 0.15) is 0 Å². The monoisotopic (exact) mass is 411 g/mol. The Morgan fingerprint density at radius 1 is 0.656 bits per heavy atom. The number of hydrogen-bond donors (Lipinski definition) is 0. The average Bonchev–Trinajstić information content (AvgIpc) is 3.11. The highest BCUT2D eigenvalue weighted by atomic mass is 16.2. The molecule has 1 aliphatic heterocycles. The fraction of sp³-hybridized carbons (Fsp3) is 0.0333. The molecule has 0 N–H and O–H groups in total. The Kier molecular flexibility index (Phi) is 5.39. The predicted octanol–water partition coefficient (Wildman–Crippen LogP) is 6.24. The summed E-state index contributed by atoms with van der Waals surface area (Å²) < 4.78 is 0. The Balaban J connectivity index is 1.53. The molecule has 1 heterocycles. The molecule has 0 aliphatic carbocycles. The minimum absolute atomic E-state index is 0.0219. The van der Waals surface area contributed by atoms with Gasteiger partial charge in [-0.2, -0.15) is 0 Å². The molecular formula is C30H21NO. The minimum Gasteiger partial charge on any atom is -0.303 e. The van der Waals surface area contributed by atoms with Crippen molar-refractivity contribution < 1.29 is 4.79 Å². The molecule has 0 fully saturated rings. The molecule has 0 saturated carbocycles. The Bertz CT molecular complexity index is 1360. The number of fused-ring (bicyclic) bond motifs is 1. The van der Waals surface area contributed by atoms with E-state index in [4.69, 9.17) is 0 Å². The van der Waals surface area contributed by atoms with Crippen molar-refractivity contribution in [3.8, 4) is 11.8 Å². The number of rotatable bonds is 3. The summed E-state index contributed by atoms with van der Waals surface area (Å²) in [6.07, 6.45) is 2.09. The quantitative estimate of drug-likeness (QED) is 0.365. The van der Waals surface area contributed by atoms with Crippen LogP contribution in [0.2, 0.25) is 0 Å². The van der Waals surface area contributed by atoms with Crippen molar-refractivity contribution >= 4 is 17.7 Å². The zero-order valence-electron chi connectivity index (χ0n) is 17.5. The third-order valence-corrected chi connectivity index (χ3v) is 5.53. The molecule has 0 radical (unpaired) electrons. The SMILES string of the molecule is O=C1c2ccccc2/C(=C/c2ccccc2)N1Cc1ccccc1C#Cc1ccccc1. The summed E-state index contributed by atoms with van der Waals surface area (Å²) >= 11 is 0. The fourth-order valence-corrected chi connectivity index (χ4v) is 3.92. The highest BCUT2D eigenvalue weighted by molar-refractivity contribution is 6.11. The molecule has 2 nitrogen and oxygen atoms in total. The van der Waals surface area contributed by atoms with Crippen molar-refractivity contribution in [2.24, 2.45) is 0 Å². The second kappa shape index (κ2) is 8.79. The largest absolute Gasteiger partial charge is 0.303 e. The molecule has 32 heavy (non-hydrogen) atoms. The maximum Gasteiger partial charge on any atom is 0.259 e. The molecule has 1 amide bonds. The molecule has 5 rings (SSSR count). The second-order valence-electron chi connectivity index (χ2n) is 7.65. The first kappa shape index (κ1) is 19.6. The van der Waals surface area contributed by atoms with Crippen molar-refractivity contribution in [1.82, 2.24) is 4.90 Å². The van der Waals surface area contributed by atoms with Gasteiger partial charge < -0.3 is 4.90 Å². The highest BCUT2D eigenvalue weighted by Gasteiger charge is 2.32. The lowest BCUT2D eigenvalue weighted by Gasteiger charge is -2.20. The lowest BCUT2D eigenvalue weighted by atomic mass is 10.1. The molecule has 0 spiro atoms. The van der Waals surface area contributed by atoms with E-state index >= 15 is 0 Å². The van der Waals surface area contributed by atoms with Gasteiger partial charge in [0.2, 0.25) is 0 Å². The Hall–Kier alpha value is -4.35. The summed E-state index contributed by atoms with van der Waals surface area (Å²) in [5, 5.41) is 0. The normalized spacial score (nSPS) is 13.6. The first-order valence-corrected chi connectivity index (χ1v) is 10.6. The number of carbonyl (C=O) groups is 1. The molecule has 1 aliphatic rings. The second-order valence-corrected chi connectivity index (χ2v) is 7.65. The third kappa shape index (κ3) is 3.97. The van der Waals surface area contributed by atoms with Crippen LogP contribution < -0.4 is 0 Å². The molecule has 0 saturated heterocycles. The van der Waals surface area contributed by atoms with Gasteiger partial charge in [-0.05, 0) is 41.5 Å². The Labute approximate surface area is 188 Å². The first-order chi connectivity index (χ1) is 15.8. The summed E-state index contributed by atoms with van der Waals surface area (Å²) in [4.78, 5) is 15.2. The topological polar surface area (TPSA) is 20.3 Å². The maximum absolute atomic E-state index is 13.3. The number of amides is 1. The fourth-order valence-electron chi connectivity index (χ4n) is 3.92. The van der Waals surface area contributed by atoms with Crippen molar-refractivity contribution in [3.63, 3.8) is 0 Å². The van der Waals surface area contributed by atoms with Crippen molar-refractivity contribution in [2.45, 2.75) is 6.54 Å². The zero-order chi connectivity index (χ0) is 21.8. The summed E-state index contributed by atoms with van der Waals surface area (Å²) in [7, 11) is 0. The van der Waals surface area contributed by atoms with E-state index in [1.165, 1.54) is 0 Å². The van der Waals surface area contributed by atoms with Crippen LogP contribution in [-0.2, 0) is 6.54 Å². The Morgan fingerprint density at radius 2 is 1.28 bits per heavy atom. The number of hydrogen-bond acceptors (Lipinski definition) is 1. The van der Waals surface area contributed by atoms with Gasteiger partial charge >= 0.3 is 0 Å². The van der Waals surface area contributed by atoms with Crippen LogP contribution in [0.25, 0.3) is 11.8 Å². The molecule has 0 aromatic heterocycles. The van der Waals surface area contributed by atoms with Gasteiger partial charge in [-0.3, -0.25) is 4.79 Å². The van der Waals surface area contributed by atoms with Crippen LogP contribution in [0.5, 0.6) is 0 Å². The van der Waals surface area contributed by atoms with Gasteiger partial charge in [-0.1, -0.05) is 96.8 Å².